The molecule has 0 bridgehead atoms. The minimum absolute atomic E-state index is 0.0272. The van der Waals surface area contributed by atoms with Crippen molar-refractivity contribution in [2.24, 2.45) is 5.41 Å². The molecule has 1 aromatic rings. The van der Waals surface area contributed by atoms with Gasteiger partial charge >= 0.3 is 0 Å². The van der Waals surface area contributed by atoms with Gasteiger partial charge in [-0.1, -0.05) is 12.2 Å². The number of rotatable bonds is 4. The number of morpholine rings is 1. The van der Waals surface area contributed by atoms with Crippen molar-refractivity contribution in [1.29, 1.82) is 0 Å². The minimum atomic E-state index is -0.357. The SMILES string of the molecule is CC1(C(=O)N2CC3(CC(NC(=O)CN4CCOCC4)c4nccn43)C2)C=CCC1. The number of nitrogens with zero attached hydrogens (tertiary/aromatic N) is 4. The Morgan fingerprint density at radius 2 is 2.10 bits per heavy atom. The Morgan fingerprint density at radius 3 is 2.83 bits per heavy atom. The molecule has 156 valence electrons. The largest absolute Gasteiger partial charge is 0.379 e. The summed E-state index contributed by atoms with van der Waals surface area (Å²) in [4.78, 5) is 34.2. The second-order valence-electron chi connectivity index (χ2n) is 9.11. The van der Waals surface area contributed by atoms with E-state index in [0.717, 1.165) is 38.2 Å². The Bertz CT molecular complexity index is 837. The van der Waals surface area contributed by atoms with E-state index in [0.29, 0.717) is 32.8 Å². The van der Waals surface area contributed by atoms with Crippen LogP contribution < -0.4 is 5.32 Å². The minimum Gasteiger partial charge on any atom is -0.379 e. The fraction of sp³-hybridized carbons (Fsp3) is 0.667. The molecule has 1 aromatic heterocycles. The van der Waals surface area contributed by atoms with Crippen molar-refractivity contribution in [3.63, 3.8) is 0 Å². The van der Waals surface area contributed by atoms with E-state index in [4.69, 9.17) is 4.74 Å². The van der Waals surface area contributed by atoms with Crippen LogP contribution in [0.3, 0.4) is 0 Å². The van der Waals surface area contributed by atoms with Crippen LogP contribution in [0.4, 0.5) is 0 Å². The van der Waals surface area contributed by atoms with Crippen molar-refractivity contribution < 1.29 is 14.3 Å². The quantitative estimate of drug-likeness (QED) is 0.753. The van der Waals surface area contributed by atoms with Gasteiger partial charge in [0.05, 0.1) is 36.8 Å². The lowest BCUT2D eigenvalue weighted by Gasteiger charge is -2.51. The van der Waals surface area contributed by atoms with Crippen LogP contribution in [0.5, 0.6) is 0 Å². The van der Waals surface area contributed by atoms with Crippen molar-refractivity contribution in [3.8, 4) is 0 Å². The molecule has 2 unspecified atom stereocenters. The first kappa shape index (κ1) is 18.8. The number of likely N-dealkylation sites (tertiary alicyclic amines) is 1. The molecular weight excluding hydrogens is 370 g/mol. The smallest absolute Gasteiger partial charge is 0.234 e. The number of fused-ring (bicyclic) bond motifs is 2. The summed E-state index contributed by atoms with van der Waals surface area (Å²) in [6.07, 6.45) is 10.6. The molecule has 2 fully saturated rings. The molecule has 0 aromatic carbocycles. The number of hydrogen-bond acceptors (Lipinski definition) is 5. The summed E-state index contributed by atoms with van der Waals surface area (Å²) >= 11 is 0. The molecule has 2 saturated heterocycles. The molecule has 1 aliphatic carbocycles. The second kappa shape index (κ2) is 6.95. The Hall–Kier alpha value is -2.19. The van der Waals surface area contributed by atoms with Crippen LogP contribution in [0, 0.1) is 5.41 Å². The summed E-state index contributed by atoms with van der Waals surface area (Å²) in [5.41, 5.74) is -0.499. The number of nitrogens with one attached hydrogen (secondary N) is 1. The third-order valence-corrected chi connectivity index (χ3v) is 6.94. The average Bonchev–Trinajstić information content (AvgIpc) is 3.38. The number of amides is 2. The standard InChI is InChI=1S/C21H29N5O3/c1-20(4-2-3-5-20)19(28)25-14-21(15-25)12-16(18-22-6-7-26(18)21)23-17(27)13-24-8-10-29-11-9-24/h2,4,6-7,16H,3,5,8-15H2,1H3,(H,23,27). The predicted octanol–water partition coefficient (Wildman–Crippen LogP) is 0.670. The predicted molar refractivity (Wildman–Crippen MR) is 106 cm³/mol. The van der Waals surface area contributed by atoms with Gasteiger partial charge in [0.2, 0.25) is 11.8 Å². The summed E-state index contributed by atoms with van der Waals surface area (Å²) in [5.74, 6) is 1.15. The van der Waals surface area contributed by atoms with Gasteiger partial charge in [0.1, 0.15) is 5.82 Å². The van der Waals surface area contributed by atoms with Gasteiger partial charge < -0.3 is 19.5 Å². The number of allylic oxidation sites excluding steroid dienone is 1. The fourth-order valence-corrected chi connectivity index (χ4v) is 5.30. The molecule has 2 atom stereocenters. The summed E-state index contributed by atoms with van der Waals surface area (Å²) in [6.45, 7) is 6.76. The van der Waals surface area contributed by atoms with E-state index in [1.54, 1.807) is 6.20 Å². The first-order valence-corrected chi connectivity index (χ1v) is 10.6. The van der Waals surface area contributed by atoms with Crippen molar-refractivity contribution in [2.75, 3.05) is 45.9 Å². The van der Waals surface area contributed by atoms with E-state index in [-0.39, 0.29) is 28.8 Å². The lowest BCUT2D eigenvalue weighted by atomic mass is 9.81. The number of imidazole rings is 1. The molecule has 0 radical (unpaired) electrons. The number of hydrogen-bond donors (Lipinski definition) is 1. The summed E-state index contributed by atoms with van der Waals surface area (Å²) in [5, 5.41) is 3.18. The third-order valence-electron chi connectivity index (χ3n) is 6.94. The number of carbonyl (C=O) groups is 2. The summed E-state index contributed by atoms with van der Waals surface area (Å²) in [6, 6.07) is -0.0993. The highest BCUT2D eigenvalue weighted by atomic mass is 16.5. The molecule has 2 amide bonds. The summed E-state index contributed by atoms with van der Waals surface area (Å²) in [7, 11) is 0. The molecule has 1 spiro atoms. The van der Waals surface area contributed by atoms with E-state index in [2.05, 4.69) is 31.9 Å². The van der Waals surface area contributed by atoms with E-state index in [9.17, 15) is 9.59 Å². The molecule has 29 heavy (non-hydrogen) atoms. The number of ether oxygens (including phenoxy) is 1. The molecule has 3 aliphatic heterocycles. The van der Waals surface area contributed by atoms with Gasteiger partial charge in [-0.2, -0.15) is 0 Å². The van der Waals surface area contributed by atoms with Crippen LogP contribution in [0.2, 0.25) is 0 Å². The van der Waals surface area contributed by atoms with E-state index in [1.807, 2.05) is 18.0 Å². The van der Waals surface area contributed by atoms with Crippen LogP contribution in [0.25, 0.3) is 0 Å². The average molecular weight is 399 g/mol. The van der Waals surface area contributed by atoms with Gasteiger partial charge in [0.25, 0.3) is 0 Å². The Morgan fingerprint density at radius 1 is 1.31 bits per heavy atom. The van der Waals surface area contributed by atoms with Gasteiger partial charge in [0, 0.05) is 45.0 Å². The molecular formula is C21H29N5O3. The molecule has 8 nitrogen and oxygen atoms in total. The zero-order valence-electron chi connectivity index (χ0n) is 17.0. The van der Waals surface area contributed by atoms with Crippen LogP contribution in [-0.4, -0.2) is 77.1 Å². The van der Waals surface area contributed by atoms with Crippen LogP contribution >= 0.6 is 0 Å². The molecule has 4 aliphatic rings. The van der Waals surface area contributed by atoms with Gasteiger partial charge in [-0.05, 0) is 19.8 Å². The van der Waals surface area contributed by atoms with Crippen molar-refractivity contribution >= 4 is 11.8 Å². The number of aromatic nitrogens is 2. The first-order valence-electron chi connectivity index (χ1n) is 10.6. The van der Waals surface area contributed by atoms with Crippen LogP contribution in [0.1, 0.15) is 38.1 Å². The first-order chi connectivity index (χ1) is 14.0. The second-order valence-corrected chi connectivity index (χ2v) is 9.11. The van der Waals surface area contributed by atoms with Crippen molar-refractivity contribution in [2.45, 2.75) is 37.8 Å². The van der Waals surface area contributed by atoms with Gasteiger partial charge in [0.15, 0.2) is 0 Å². The molecule has 1 N–H and O–H groups in total. The van der Waals surface area contributed by atoms with Gasteiger partial charge in [-0.3, -0.25) is 14.5 Å². The van der Waals surface area contributed by atoms with E-state index >= 15 is 0 Å². The zero-order valence-corrected chi connectivity index (χ0v) is 17.0. The van der Waals surface area contributed by atoms with Crippen molar-refractivity contribution in [3.05, 3.63) is 30.4 Å². The monoisotopic (exact) mass is 399 g/mol. The normalized spacial score (nSPS) is 30.4. The fourth-order valence-electron chi connectivity index (χ4n) is 5.30. The van der Waals surface area contributed by atoms with Crippen LogP contribution in [-0.2, 0) is 19.9 Å². The Kier molecular flexibility index (Phi) is 4.51. The Balaban J connectivity index is 1.23. The van der Waals surface area contributed by atoms with Crippen LogP contribution in [0.15, 0.2) is 24.5 Å². The molecule has 8 heteroatoms. The maximum Gasteiger partial charge on any atom is 0.234 e. The maximum absolute atomic E-state index is 13.0. The highest BCUT2D eigenvalue weighted by molar-refractivity contribution is 5.86. The van der Waals surface area contributed by atoms with Crippen molar-refractivity contribution in [1.82, 2.24) is 24.7 Å². The molecule has 0 saturated carbocycles. The Labute approximate surface area is 170 Å². The zero-order chi connectivity index (χ0) is 20.1. The topological polar surface area (TPSA) is 79.7 Å². The molecule has 4 heterocycles. The number of carbonyl (C=O) groups excluding carboxylic acids is 2. The van der Waals surface area contributed by atoms with Gasteiger partial charge in [-0.25, -0.2) is 4.98 Å². The van der Waals surface area contributed by atoms with E-state index in [1.165, 1.54) is 0 Å². The third kappa shape index (κ3) is 3.18. The highest BCUT2D eigenvalue weighted by Crippen LogP contribution is 2.46. The summed E-state index contributed by atoms with van der Waals surface area (Å²) < 4.78 is 7.53. The molecule has 5 rings (SSSR count). The highest BCUT2D eigenvalue weighted by Gasteiger charge is 2.55. The van der Waals surface area contributed by atoms with Gasteiger partial charge in [-0.15, -0.1) is 0 Å². The van der Waals surface area contributed by atoms with E-state index < -0.39 is 0 Å². The lowest BCUT2D eigenvalue weighted by molar-refractivity contribution is -0.150. The maximum atomic E-state index is 13.0. The lowest BCUT2D eigenvalue weighted by Crippen LogP contribution is -2.65.